The van der Waals surface area contributed by atoms with Gasteiger partial charge in [-0.25, -0.2) is 14.4 Å². The van der Waals surface area contributed by atoms with Crippen molar-refractivity contribution in [2.45, 2.75) is 46.8 Å². The molecule has 2 atom stereocenters. The maximum Gasteiger partial charge on any atom is 0.227 e. The van der Waals surface area contributed by atoms with Crippen LogP contribution in [0.1, 0.15) is 40.2 Å². The van der Waals surface area contributed by atoms with Gasteiger partial charge in [0.2, 0.25) is 5.95 Å². The summed E-state index contributed by atoms with van der Waals surface area (Å²) >= 11 is 0. The van der Waals surface area contributed by atoms with Crippen molar-refractivity contribution in [2.24, 2.45) is 21.5 Å². The number of rotatable bonds is 6. The molecule has 0 saturated carbocycles. The van der Waals surface area contributed by atoms with Crippen LogP contribution in [0, 0.1) is 12.7 Å². The number of nitrogens with two attached hydrogens (primary N) is 2. The molecule has 192 valence electrons. The van der Waals surface area contributed by atoms with Crippen molar-refractivity contribution in [3.8, 4) is 5.75 Å². The third-order valence-electron chi connectivity index (χ3n) is 5.18. The SMILES string of the molecule is CC.CN=C(N)/C(=C\C(N)=Nc1nc(N2C[C@@H](C)O[C@@H](C)C2)ncc1F)c1ccc(OC)cc1C.[HH]. The second-order valence-electron chi connectivity index (χ2n) is 7.89. The maximum absolute atomic E-state index is 14.5. The molecule has 0 amide bonds. The number of hydrogen-bond acceptors (Lipinski definition) is 7. The van der Waals surface area contributed by atoms with E-state index in [0.717, 1.165) is 17.3 Å². The van der Waals surface area contributed by atoms with Crippen LogP contribution in [0.15, 0.2) is 40.5 Å². The van der Waals surface area contributed by atoms with Gasteiger partial charge < -0.3 is 25.8 Å². The van der Waals surface area contributed by atoms with Gasteiger partial charge in [-0.1, -0.05) is 19.9 Å². The molecule has 0 aliphatic carbocycles. The zero-order valence-corrected chi connectivity index (χ0v) is 21.5. The van der Waals surface area contributed by atoms with Crippen molar-refractivity contribution in [1.29, 1.82) is 0 Å². The molecule has 1 aliphatic heterocycles. The molecule has 0 bridgehead atoms. The van der Waals surface area contributed by atoms with Crippen molar-refractivity contribution in [1.82, 2.24) is 9.97 Å². The highest BCUT2D eigenvalue weighted by atomic mass is 19.1. The highest BCUT2D eigenvalue weighted by Gasteiger charge is 2.24. The minimum Gasteiger partial charge on any atom is -0.497 e. The number of anilines is 1. The number of hydrogen-bond donors (Lipinski definition) is 2. The van der Waals surface area contributed by atoms with Crippen molar-refractivity contribution in [2.75, 3.05) is 32.1 Å². The summed E-state index contributed by atoms with van der Waals surface area (Å²) in [5, 5.41) is 0. The summed E-state index contributed by atoms with van der Waals surface area (Å²) in [5.41, 5.74) is 14.6. The fourth-order valence-corrected chi connectivity index (χ4v) is 3.70. The number of methoxy groups -OCH3 is 1. The molecule has 2 aromatic rings. The zero-order chi connectivity index (χ0) is 26.1. The summed E-state index contributed by atoms with van der Waals surface area (Å²) in [6.45, 7) is 11.0. The fraction of sp³-hybridized carbons (Fsp3) is 0.440. The molecule has 1 aliphatic rings. The number of aryl methyl sites for hydroxylation is 1. The van der Waals surface area contributed by atoms with Crippen LogP contribution in [0.4, 0.5) is 16.2 Å². The van der Waals surface area contributed by atoms with Crippen LogP contribution in [0.25, 0.3) is 5.57 Å². The molecule has 1 aromatic carbocycles. The van der Waals surface area contributed by atoms with Crippen molar-refractivity contribution < 1.29 is 15.3 Å². The Morgan fingerprint density at radius 2 is 1.91 bits per heavy atom. The highest BCUT2D eigenvalue weighted by molar-refractivity contribution is 6.26. The maximum atomic E-state index is 14.5. The summed E-state index contributed by atoms with van der Waals surface area (Å²) in [4.78, 5) is 18.6. The topological polar surface area (TPSA) is 124 Å². The lowest BCUT2D eigenvalue weighted by molar-refractivity contribution is -0.00572. The minimum absolute atomic E-state index is 0. The fourth-order valence-electron chi connectivity index (χ4n) is 3.70. The van der Waals surface area contributed by atoms with E-state index in [2.05, 4.69) is 20.0 Å². The van der Waals surface area contributed by atoms with E-state index in [-0.39, 0.29) is 31.1 Å². The average molecular weight is 488 g/mol. The molecule has 1 saturated heterocycles. The molecule has 9 nitrogen and oxygen atoms in total. The second kappa shape index (κ2) is 12.8. The highest BCUT2D eigenvalue weighted by Crippen LogP contribution is 2.25. The van der Waals surface area contributed by atoms with E-state index in [4.69, 9.17) is 20.9 Å². The molecule has 0 unspecified atom stereocenters. The summed E-state index contributed by atoms with van der Waals surface area (Å²) in [6, 6.07) is 5.54. The molecule has 10 heteroatoms. The number of aliphatic imine (C=N–C) groups is 2. The standard InChI is InChI=1S/C23H30FN7O2.C2H6.H2/c1-13-8-16(32-5)6-7-17(13)18(21(26)27-4)9-20(25)29-22-19(24)10-28-23(30-22)31-11-14(2)33-15(3)12-31;1-2;/h6-10,14-15H,11-12H2,1-5H3,(H2,26,27)(H2,25,28,29,30);1-2H3;1H/b18-9-;;/t14-,15+;;. The minimum atomic E-state index is -0.677. The summed E-state index contributed by atoms with van der Waals surface area (Å²) in [5.74, 6) is 0.545. The first-order valence-corrected chi connectivity index (χ1v) is 11.6. The monoisotopic (exact) mass is 487 g/mol. The molecule has 1 fully saturated rings. The zero-order valence-electron chi connectivity index (χ0n) is 21.5. The van der Waals surface area contributed by atoms with Crippen LogP contribution < -0.4 is 21.1 Å². The first-order chi connectivity index (χ1) is 16.7. The van der Waals surface area contributed by atoms with Gasteiger partial charge in [-0.05, 0) is 50.1 Å². The van der Waals surface area contributed by atoms with Crippen molar-refractivity contribution in [3.05, 3.63) is 47.4 Å². The van der Waals surface area contributed by atoms with Gasteiger partial charge in [-0.2, -0.15) is 4.98 Å². The number of morpholine rings is 1. The van der Waals surface area contributed by atoms with Crippen LogP contribution >= 0.6 is 0 Å². The Bertz CT molecular complexity index is 1100. The Hall–Kier alpha value is -3.53. The van der Waals surface area contributed by atoms with Crippen LogP contribution in [-0.4, -0.2) is 61.1 Å². The van der Waals surface area contributed by atoms with E-state index in [1.807, 2.05) is 57.7 Å². The number of ether oxygens (including phenoxy) is 2. The van der Waals surface area contributed by atoms with E-state index in [9.17, 15) is 4.39 Å². The number of halogens is 1. The Balaban J connectivity index is 0.00000211. The molecule has 1 aromatic heterocycles. The third kappa shape index (κ3) is 7.22. The van der Waals surface area contributed by atoms with Gasteiger partial charge in [0.15, 0.2) is 11.6 Å². The lowest BCUT2D eigenvalue weighted by atomic mass is 9.99. The number of amidine groups is 2. The number of aromatic nitrogens is 2. The number of nitrogens with zero attached hydrogens (tertiary/aromatic N) is 5. The predicted molar refractivity (Wildman–Crippen MR) is 142 cm³/mol. The summed E-state index contributed by atoms with van der Waals surface area (Å²) in [6.07, 6.45) is 2.67. The molecule has 4 N–H and O–H groups in total. The van der Waals surface area contributed by atoms with Crippen molar-refractivity contribution in [3.63, 3.8) is 0 Å². The lowest BCUT2D eigenvalue weighted by Gasteiger charge is -2.35. The van der Waals surface area contributed by atoms with E-state index in [0.29, 0.717) is 30.4 Å². The van der Waals surface area contributed by atoms with E-state index >= 15 is 0 Å². The van der Waals surface area contributed by atoms with Crippen LogP contribution in [0.2, 0.25) is 0 Å². The van der Waals surface area contributed by atoms with Gasteiger partial charge in [-0.3, -0.25) is 4.99 Å². The average Bonchev–Trinajstić information content (AvgIpc) is 2.84. The van der Waals surface area contributed by atoms with Gasteiger partial charge in [0.25, 0.3) is 0 Å². The van der Waals surface area contributed by atoms with Gasteiger partial charge in [-0.15, -0.1) is 0 Å². The number of benzene rings is 1. The smallest absolute Gasteiger partial charge is 0.227 e. The van der Waals surface area contributed by atoms with Crippen LogP contribution in [0.3, 0.4) is 0 Å². The third-order valence-corrected chi connectivity index (χ3v) is 5.18. The van der Waals surface area contributed by atoms with Gasteiger partial charge in [0.1, 0.15) is 17.4 Å². The van der Waals surface area contributed by atoms with E-state index < -0.39 is 5.82 Å². The summed E-state index contributed by atoms with van der Waals surface area (Å²) in [7, 11) is 3.18. The molecule has 0 spiro atoms. The normalized spacial score (nSPS) is 19.2. The van der Waals surface area contributed by atoms with Gasteiger partial charge >= 0.3 is 0 Å². The molecule has 3 rings (SSSR count). The quantitative estimate of drug-likeness (QED) is 0.468. The molecule has 0 radical (unpaired) electrons. The van der Waals surface area contributed by atoms with E-state index in [1.165, 1.54) is 0 Å². The Kier molecular flexibility index (Phi) is 10.1. The van der Waals surface area contributed by atoms with Gasteiger partial charge in [0, 0.05) is 27.1 Å². The molecular weight excluding hydrogens is 449 g/mol. The predicted octanol–water partition coefficient (Wildman–Crippen LogP) is 3.88. The second-order valence-corrected chi connectivity index (χ2v) is 7.89. The Morgan fingerprint density at radius 1 is 1.26 bits per heavy atom. The summed E-state index contributed by atoms with van der Waals surface area (Å²) < 4.78 is 25.5. The molecule has 35 heavy (non-hydrogen) atoms. The molecule has 2 heterocycles. The van der Waals surface area contributed by atoms with E-state index in [1.54, 1.807) is 20.2 Å². The van der Waals surface area contributed by atoms with Crippen molar-refractivity contribution >= 4 is 29.0 Å². The van der Waals surface area contributed by atoms with Crippen LogP contribution in [0.5, 0.6) is 5.75 Å². The largest absolute Gasteiger partial charge is 0.497 e. The Labute approximate surface area is 208 Å². The first kappa shape index (κ1) is 27.7. The first-order valence-electron chi connectivity index (χ1n) is 11.6. The van der Waals surface area contributed by atoms with Crippen LogP contribution in [-0.2, 0) is 4.74 Å². The lowest BCUT2D eigenvalue weighted by Crippen LogP contribution is -2.46. The van der Waals surface area contributed by atoms with Gasteiger partial charge in [0.05, 0.1) is 25.5 Å². The Morgan fingerprint density at radius 3 is 2.49 bits per heavy atom. The molecular formula is C25H38FN7O2.